The van der Waals surface area contributed by atoms with Crippen LogP contribution in [0.25, 0.3) is 0 Å². The van der Waals surface area contributed by atoms with Gasteiger partial charge in [-0.2, -0.15) is 0 Å². The van der Waals surface area contributed by atoms with Gasteiger partial charge in [-0.15, -0.1) is 13.2 Å². The van der Waals surface area contributed by atoms with E-state index in [0.29, 0.717) is 11.3 Å². The van der Waals surface area contributed by atoms with Crippen LogP contribution in [0, 0.1) is 0 Å². The van der Waals surface area contributed by atoms with Crippen LogP contribution in [-0.2, 0) is 0 Å². The lowest BCUT2D eigenvalue weighted by Crippen LogP contribution is -2.40. The predicted octanol–water partition coefficient (Wildman–Crippen LogP) is 3.38. The summed E-state index contributed by atoms with van der Waals surface area (Å²) in [6.45, 7) is 1.93. The number of nitrogens with zero attached hydrogens (tertiary/aromatic N) is 3. The first-order chi connectivity index (χ1) is 8.05. The van der Waals surface area contributed by atoms with E-state index in [4.69, 9.17) is 0 Å². The van der Waals surface area contributed by atoms with Gasteiger partial charge in [0.2, 0.25) is 5.95 Å². The van der Waals surface area contributed by atoms with Crippen molar-refractivity contribution in [2.75, 3.05) is 11.4 Å². The zero-order valence-corrected chi connectivity index (χ0v) is 9.74. The Balaban J connectivity index is 2.63. The summed E-state index contributed by atoms with van der Waals surface area (Å²) in [5.74, 6) is -0.281. The first kappa shape index (κ1) is 13.7. The van der Waals surface area contributed by atoms with Gasteiger partial charge in [-0.25, -0.2) is 9.97 Å². The molecule has 0 aliphatic rings. The van der Waals surface area contributed by atoms with Crippen LogP contribution < -0.4 is 4.90 Å². The summed E-state index contributed by atoms with van der Waals surface area (Å²) in [4.78, 5) is 7.57. The fourth-order valence-corrected chi connectivity index (χ4v) is 1.47. The van der Waals surface area contributed by atoms with Crippen LogP contribution in [0.1, 0.15) is 32.6 Å². The fourth-order valence-electron chi connectivity index (χ4n) is 1.47. The number of alkyl halides is 3. The molecule has 17 heavy (non-hydrogen) atoms. The molecule has 1 aromatic heterocycles. The van der Waals surface area contributed by atoms with Gasteiger partial charge in [0.15, 0.2) is 0 Å². The molecule has 1 aromatic rings. The van der Waals surface area contributed by atoms with Gasteiger partial charge in [0.05, 0.1) is 0 Å². The summed E-state index contributed by atoms with van der Waals surface area (Å²) in [7, 11) is 0. The minimum absolute atomic E-state index is 0.0898. The van der Waals surface area contributed by atoms with Crippen molar-refractivity contribution in [3.63, 3.8) is 0 Å². The zero-order valence-electron chi connectivity index (χ0n) is 9.74. The third-order valence-electron chi connectivity index (χ3n) is 2.33. The summed E-state index contributed by atoms with van der Waals surface area (Å²) in [5, 5.41) is 0. The number of halogens is 3. The second kappa shape index (κ2) is 6.42. The Morgan fingerprint density at radius 3 is 2.29 bits per heavy atom. The molecule has 0 fully saturated rings. The molecule has 0 bridgehead atoms. The SMILES string of the molecule is CCCCCCN(c1ncccn1)C(F)(F)F. The Morgan fingerprint density at radius 1 is 1.12 bits per heavy atom. The van der Waals surface area contributed by atoms with Gasteiger partial charge in [-0.1, -0.05) is 26.2 Å². The molecule has 96 valence electrons. The monoisotopic (exact) mass is 247 g/mol. The Hall–Kier alpha value is -1.33. The summed E-state index contributed by atoms with van der Waals surface area (Å²) in [5.41, 5.74) is 0. The first-order valence-electron chi connectivity index (χ1n) is 5.67. The van der Waals surface area contributed by atoms with Crippen molar-refractivity contribution in [3.05, 3.63) is 18.5 Å². The van der Waals surface area contributed by atoms with Crippen molar-refractivity contribution in [1.82, 2.24) is 9.97 Å². The van der Waals surface area contributed by atoms with E-state index in [1.807, 2.05) is 6.92 Å². The van der Waals surface area contributed by atoms with E-state index in [-0.39, 0.29) is 12.5 Å². The minimum atomic E-state index is -4.42. The molecule has 0 amide bonds. The highest BCUT2D eigenvalue weighted by Gasteiger charge is 2.38. The van der Waals surface area contributed by atoms with Gasteiger partial charge in [-0.3, -0.25) is 4.90 Å². The Labute approximate surface area is 98.7 Å². The van der Waals surface area contributed by atoms with Crippen molar-refractivity contribution in [1.29, 1.82) is 0 Å². The summed E-state index contributed by atoms with van der Waals surface area (Å²) in [6.07, 6.45) is 1.42. The second-order valence-electron chi connectivity index (χ2n) is 3.73. The highest BCUT2D eigenvalue weighted by Crippen LogP contribution is 2.25. The molecular weight excluding hydrogens is 231 g/mol. The lowest BCUT2D eigenvalue weighted by molar-refractivity contribution is -0.130. The number of anilines is 1. The average molecular weight is 247 g/mol. The van der Waals surface area contributed by atoms with E-state index in [2.05, 4.69) is 9.97 Å². The molecule has 0 saturated heterocycles. The quantitative estimate of drug-likeness (QED) is 0.570. The molecule has 0 atom stereocenters. The van der Waals surface area contributed by atoms with E-state index < -0.39 is 6.30 Å². The number of aromatic nitrogens is 2. The van der Waals surface area contributed by atoms with E-state index in [0.717, 1.165) is 19.3 Å². The second-order valence-corrected chi connectivity index (χ2v) is 3.73. The van der Waals surface area contributed by atoms with Crippen LogP contribution in [0.2, 0.25) is 0 Å². The van der Waals surface area contributed by atoms with Crippen molar-refractivity contribution in [3.8, 4) is 0 Å². The summed E-state index contributed by atoms with van der Waals surface area (Å²) >= 11 is 0. The molecule has 0 aliphatic heterocycles. The lowest BCUT2D eigenvalue weighted by atomic mass is 10.2. The number of rotatable bonds is 6. The van der Waals surface area contributed by atoms with E-state index in [1.54, 1.807) is 0 Å². The molecule has 3 nitrogen and oxygen atoms in total. The van der Waals surface area contributed by atoms with Gasteiger partial charge < -0.3 is 0 Å². The fraction of sp³-hybridized carbons (Fsp3) is 0.636. The molecular formula is C11H16F3N3. The number of unbranched alkanes of at least 4 members (excludes halogenated alkanes) is 3. The van der Waals surface area contributed by atoms with Gasteiger partial charge in [0, 0.05) is 18.9 Å². The van der Waals surface area contributed by atoms with Gasteiger partial charge in [0.1, 0.15) is 0 Å². The molecule has 0 N–H and O–H groups in total. The van der Waals surface area contributed by atoms with E-state index >= 15 is 0 Å². The van der Waals surface area contributed by atoms with Gasteiger partial charge in [0.25, 0.3) is 0 Å². The summed E-state index contributed by atoms with van der Waals surface area (Å²) in [6, 6.07) is 1.50. The van der Waals surface area contributed by atoms with Crippen LogP contribution in [0.4, 0.5) is 19.1 Å². The van der Waals surface area contributed by atoms with Crippen LogP contribution in [0.5, 0.6) is 0 Å². The molecule has 6 heteroatoms. The third kappa shape index (κ3) is 4.58. The van der Waals surface area contributed by atoms with Gasteiger partial charge >= 0.3 is 6.30 Å². The third-order valence-corrected chi connectivity index (χ3v) is 2.33. The first-order valence-corrected chi connectivity index (χ1v) is 5.67. The smallest absolute Gasteiger partial charge is 0.252 e. The Kier molecular flexibility index (Phi) is 5.18. The highest BCUT2D eigenvalue weighted by atomic mass is 19.4. The molecule has 0 saturated carbocycles. The standard InChI is InChI=1S/C11H16F3N3/c1-2-3-4-5-9-17(11(12,13)14)10-15-7-6-8-16-10/h6-8H,2-5,9H2,1H3. The van der Waals surface area contributed by atoms with Crippen LogP contribution in [-0.4, -0.2) is 22.8 Å². The molecule has 0 unspecified atom stereocenters. The zero-order chi connectivity index (χ0) is 12.7. The Bertz CT molecular complexity index is 313. The maximum Gasteiger partial charge on any atom is 0.487 e. The average Bonchev–Trinajstić information content (AvgIpc) is 2.28. The maximum absolute atomic E-state index is 12.8. The maximum atomic E-state index is 12.8. The van der Waals surface area contributed by atoms with Crippen molar-refractivity contribution >= 4 is 5.95 Å². The predicted molar refractivity (Wildman–Crippen MR) is 59.6 cm³/mol. The molecule has 0 spiro atoms. The largest absolute Gasteiger partial charge is 0.487 e. The van der Waals surface area contributed by atoms with E-state index in [1.165, 1.54) is 18.5 Å². The molecule has 0 aliphatic carbocycles. The van der Waals surface area contributed by atoms with Crippen molar-refractivity contribution < 1.29 is 13.2 Å². The molecule has 1 heterocycles. The van der Waals surface area contributed by atoms with Crippen LogP contribution in [0.15, 0.2) is 18.5 Å². The summed E-state index contributed by atoms with van der Waals surface area (Å²) < 4.78 is 38.3. The van der Waals surface area contributed by atoms with Crippen molar-refractivity contribution in [2.45, 2.75) is 38.9 Å². The molecule has 0 aromatic carbocycles. The molecule has 1 rings (SSSR count). The normalized spacial score (nSPS) is 11.5. The highest BCUT2D eigenvalue weighted by molar-refractivity contribution is 5.29. The number of hydrogen-bond acceptors (Lipinski definition) is 3. The lowest BCUT2D eigenvalue weighted by Gasteiger charge is -2.24. The van der Waals surface area contributed by atoms with Crippen molar-refractivity contribution in [2.24, 2.45) is 0 Å². The Morgan fingerprint density at radius 2 is 1.76 bits per heavy atom. The minimum Gasteiger partial charge on any atom is -0.252 e. The van der Waals surface area contributed by atoms with E-state index in [9.17, 15) is 13.2 Å². The van der Waals surface area contributed by atoms with Crippen LogP contribution in [0.3, 0.4) is 0 Å². The molecule has 0 radical (unpaired) electrons. The number of hydrogen-bond donors (Lipinski definition) is 0. The van der Waals surface area contributed by atoms with Gasteiger partial charge in [-0.05, 0) is 12.5 Å². The van der Waals surface area contributed by atoms with Crippen LogP contribution >= 0.6 is 0 Å². The topological polar surface area (TPSA) is 29.0 Å².